The van der Waals surface area contributed by atoms with Gasteiger partial charge in [0, 0.05) is 16.4 Å². The first kappa shape index (κ1) is 18.4. The van der Waals surface area contributed by atoms with Crippen LogP contribution in [0.3, 0.4) is 0 Å². The Morgan fingerprint density at radius 3 is 2.62 bits per heavy atom. The standard InChI is InChI=1S/C20H20ClN3OS/c1-11-7-8-16(12(2)9-11)23-19(25)17-13(3)22-20(26)24-18(17)14-5-4-6-15(21)10-14/h4-10,18H,1-3H3,(H,23,25)(H2,22,24,26)/t18-/m0/s1. The van der Waals surface area contributed by atoms with Crippen LogP contribution in [0.15, 0.2) is 53.7 Å². The summed E-state index contributed by atoms with van der Waals surface area (Å²) in [5, 5.41) is 10.3. The zero-order valence-electron chi connectivity index (χ0n) is 14.8. The molecule has 1 amide bonds. The maximum atomic E-state index is 13.1. The van der Waals surface area contributed by atoms with E-state index in [1.54, 1.807) is 6.07 Å². The highest BCUT2D eigenvalue weighted by atomic mass is 35.5. The molecule has 2 aromatic carbocycles. The van der Waals surface area contributed by atoms with Crippen molar-refractivity contribution in [2.75, 3.05) is 5.32 Å². The zero-order valence-corrected chi connectivity index (χ0v) is 16.4. The van der Waals surface area contributed by atoms with E-state index >= 15 is 0 Å². The molecule has 0 bridgehead atoms. The van der Waals surface area contributed by atoms with Gasteiger partial charge >= 0.3 is 0 Å². The number of amides is 1. The first-order chi connectivity index (χ1) is 12.3. The molecule has 26 heavy (non-hydrogen) atoms. The summed E-state index contributed by atoms with van der Waals surface area (Å²) in [4.78, 5) is 13.1. The van der Waals surface area contributed by atoms with Crippen LogP contribution in [-0.4, -0.2) is 11.0 Å². The van der Waals surface area contributed by atoms with E-state index in [0.29, 0.717) is 15.7 Å². The molecule has 1 aliphatic rings. The molecule has 0 saturated heterocycles. The van der Waals surface area contributed by atoms with Crippen LogP contribution >= 0.6 is 23.8 Å². The van der Waals surface area contributed by atoms with Gasteiger partial charge in [0.2, 0.25) is 0 Å². The Bertz CT molecular complexity index is 923. The number of thiocarbonyl (C=S) groups is 1. The zero-order chi connectivity index (χ0) is 18.8. The first-order valence-corrected chi connectivity index (χ1v) is 9.06. The Hall–Kier alpha value is -2.37. The molecule has 3 rings (SSSR count). The van der Waals surface area contributed by atoms with Crippen molar-refractivity contribution in [3.05, 3.63) is 75.4 Å². The fourth-order valence-corrected chi connectivity index (χ4v) is 3.54. The van der Waals surface area contributed by atoms with Gasteiger partial charge in [0.05, 0.1) is 11.6 Å². The number of allylic oxidation sites excluding steroid dienone is 1. The third kappa shape index (κ3) is 3.89. The van der Waals surface area contributed by atoms with Crippen LogP contribution in [0.25, 0.3) is 0 Å². The van der Waals surface area contributed by atoms with E-state index in [-0.39, 0.29) is 11.9 Å². The van der Waals surface area contributed by atoms with Crippen LogP contribution in [0.2, 0.25) is 5.02 Å². The van der Waals surface area contributed by atoms with Gasteiger partial charge < -0.3 is 16.0 Å². The average Bonchev–Trinajstić information content (AvgIpc) is 2.56. The van der Waals surface area contributed by atoms with E-state index in [2.05, 4.69) is 16.0 Å². The molecule has 4 nitrogen and oxygen atoms in total. The fraction of sp³-hybridized carbons (Fsp3) is 0.200. The van der Waals surface area contributed by atoms with Crippen molar-refractivity contribution in [3.63, 3.8) is 0 Å². The molecule has 0 aromatic heterocycles. The number of aryl methyl sites for hydroxylation is 2. The van der Waals surface area contributed by atoms with Gasteiger partial charge in [-0.05, 0) is 62.3 Å². The Kier molecular flexibility index (Phi) is 5.30. The lowest BCUT2D eigenvalue weighted by molar-refractivity contribution is -0.113. The van der Waals surface area contributed by atoms with E-state index in [0.717, 1.165) is 28.1 Å². The van der Waals surface area contributed by atoms with Crippen LogP contribution in [0, 0.1) is 13.8 Å². The number of rotatable bonds is 3. The monoisotopic (exact) mass is 385 g/mol. The van der Waals surface area contributed by atoms with Gasteiger partial charge in [0.25, 0.3) is 5.91 Å². The molecular weight excluding hydrogens is 366 g/mol. The molecule has 0 unspecified atom stereocenters. The predicted octanol–water partition coefficient (Wildman–Crippen LogP) is 4.39. The number of nitrogens with one attached hydrogen (secondary N) is 3. The summed E-state index contributed by atoms with van der Waals surface area (Å²) in [6.45, 7) is 5.85. The molecule has 6 heteroatoms. The minimum atomic E-state index is -0.367. The van der Waals surface area contributed by atoms with E-state index in [1.165, 1.54) is 0 Å². The van der Waals surface area contributed by atoms with Crippen molar-refractivity contribution in [1.82, 2.24) is 10.6 Å². The van der Waals surface area contributed by atoms with Gasteiger partial charge in [-0.25, -0.2) is 0 Å². The largest absolute Gasteiger partial charge is 0.351 e. The summed E-state index contributed by atoms with van der Waals surface area (Å²) >= 11 is 11.4. The van der Waals surface area contributed by atoms with Gasteiger partial charge in [0.15, 0.2) is 5.11 Å². The van der Waals surface area contributed by atoms with Crippen molar-refractivity contribution < 1.29 is 4.79 Å². The Labute approximate surface area is 163 Å². The van der Waals surface area contributed by atoms with Crippen LogP contribution in [0.5, 0.6) is 0 Å². The molecule has 0 fully saturated rings. The van der Waals surface area contributed by atoms with Gasteiger partial charge in [-0.15, -0.1) is 0 Å². The quantitative estimate of drug-likeness (QED) is 0.686. The lowest BCUT2D eigenvalue weighted by Gasteiger charge is -2.30. The maximum Gasteiger partial charge on any atom is 0.255 e. The van der Waals surface area contributed by atoms with Crippen molar-refractivity contribution in [1.29, 1.82) is 0 Å². The summed E-state index contributed by atoms with van der Waals surface area (Å²) < 4.78 is 0. The van der Waals surface area contributed by atoms with Crippen LogP contribution in [-0.2, 0) is 4.79 Å². The molecule has 0 radical (unpaired) electrons. The molecule has 1 atom stereocenters. The molecular formula is C20H20ClN3OS. The highest BCUT2D eigenvalue weighted by Crippen LogP contribution is 2.29. The normalized spacial score (nSPS) is 16.8. The van der Waals surface area contributed by atoms with Gasteiger partial charge in [-0.3, -0.25) is 4.79 Å². The number of carbonyl (C=O) groups excluding carboxylic acids is 1. The van der Waals surface area contributed by atoms with Crippen molar-refractivity contribution >= 4 is 40.5 Å². The minimum absolute atomic E-state index is 0.179. The number of hydrogen-bond acceptors (Lipinski definition) is 2. The van der Waals surface area contributed by atoms with Crippen molar-refractivity contribution in [2.24, 2.45) is 0 Å². The number of anilines is 1. The third-order valence-electron chi connectivity index (χ3n) is 4.33. The highest BCUT2D eigenvalue weighted by molar-refractivity contribution is 7.80. The maximum absolute atomic E-state index is 13.1. The molecule has 2 aromatic rings. The fourth-order valence-electron chi connectivity index (χ4n) is 3.07. The SMILES string of the molecule is CC1=C(C(=O)Nc2ccc(C)cc2C)[C@H](c2cccc(Cl)c2)NC(=S)N1. The van der Waals surface area contributed by atoms with Crippen LogP contribution in [0.1, 0.15) is 29.7 Å². The summed E-state index contributed by atoms with van der Waals surface area (Å²) in [7, 11) is 0. The first-order valence-electron chi connectivity index (χ1n) is 8.27. The highest BCUT2D eigenvalue weighted by Gasteiger charge is 2.30. The van der Waals surface area contributed by atoms with E-state index in [4.69, 9.17) is 23.8 Å². The summed E-state index contributed by atoms with van der Waals surface area (Å²) in [5.74, 6) is -0.179. The average molecular weight is 386 g/mol. The summed E-state index contributed by atoms with van der Waals surface area (Å²) in [5.41, 5.74) is 5.15. The van der Waals surface area contributed by atoms with E-state index in [9.17, 15) is 4.79 Å². The predicted molar refractivity (Wildman–Crippen MR) is 110 cm³/mol. The second-order valence-corrected chi connectivity index (χ2v) is 7.24. The van der Waals surface area contributed by atoms with Gasteiger partial charge in [-0.1, -0.05) is 41.4 Å². The molecule has 1 aliphatic heterocycles. The van der Waals surface area contributed by atoms with E-state index in [1.807, 2.05) is 57.2 Å². The van der Waals surface area contributed by atoms with Crippen LogP contribution < -0.4 is 16.0 Å². The second kappa shape index (κ2) is 7.48. The molecule has 0 aliphatic carbocycles. The van der Waals surface area contributed by atoms with Gasteiger partial charge in [-0.2, -0.15) is 0 Å². The van der Waals surface area contributed by atoms with Gasteiger partial charge in [0.1, 0.15) is 0 Å². The molecule has 3 N–H and O–H groups in total. The molecule has 1 heterocycles. The molecule has 134 valence electrons. The number of carbonyl (C=O) groups is 1. The Morgan fingerprint density at radius 2 is 1.92 bits per heavy atom. The number of halogens is 1. The third-order valence-corrected chi connectivity index (χ3v) is 4.78. The summed E-state index contributed by atoms with van der Waals surface area (Å²) in [6.07, 6.45) is 0. The Balaban J connectivity index is 1.97. The van der Waals surface area contributed by atoms with Crippen molar-refractivity contribution in [3.8, 4) is 0 Å². The number of hydrogen-bond donors (Lipinski definition) is 3. The topological polar surface area (TPSA) is 53.2 Å². The Morgan fingerprint density at radius 1 is 1.15 bits per heavy atom. The lowest BCUT2D eigenvalue weighted by Crippen LogP contribution is -2.45. The molecule has 0 saturated carbocycles. The van der Waals surface area contributed by atoms with E-state index < -0.39 is 0 Å². The lowest BCUT2D eigenvalue weighted by atomic mass is 9.95. The summed E-state index contributed by atoms with van der Waals surface area (Å²) in [6, 6.07) is 13.0. The number of benzene rings is 2. The second-order valence-electron chi connectivity index (χ2n) is 6.40. The minimum Gasteiger partial charge on any atom is -0.351 e. The van der Waals surface area contributed by atoms with Crippen molar-refractivity contribution in [2.45, 2.75) is 26.8 Å². The molecule has 0 spiro atoms. The van der Waals surface area contributed by atoms with Crippen LogP contribution in [0.4, 0.5) is 5.69 Å². The smallest absolute Gasteiger partial charge is 0.255 e.